The molecule has 4 nitrogen and oxygen atoms in total. The summed E-state index contributed by atoms with van der Waals surface area (Å²) < 4.78 is 0. The Morgan fingerprint density at radius 1 is 1.24 bits per heavy atom. The van der Waals surface area contributed by atoms with Gasteiger partial charge in [-0.15, -0.1) is 11.3 Å². The van der Waals surface area contributed by atoms with Gasteiger partial charge in [-0.25, -0.2) is 9.97 Å². The van der Waals surface area contributed by atoms with Crippen molar-refractivity contribution in [3.63, 3.8) is 0 Å². The van der Waals surface area contributed by atoms with Crippen molar-refractivity contribution in [2.75, 3.05) is 7.05 Å². The monoisotopic (exact) mass is 371 g/mol. The number of rotatable bonds is 4. The van der Waals surface area contributed by atoms with Crippen molar-refractivity contribution >= 4 is 28.8 Å². The van der Waals surface area contributed by atoms with Crippen molar-refractivity contribution < 1.29 is 4.79 Å². The molecule has 2 heterocycles. The largest absolute Gasteiger partial charge is 0.336 e. The number of amides is 1. The van der Waals surface area contributed by atoms with Gasteiger partial charge in [-0.1, -0.05) is 41.4 Å². The molecular formula is C19H18ClN3OS. The predicted molar refractivity (Wildman–Crippen MR) is 102 cm³/mol. The number of carbonyl (C=O) groups excluding carboxylic acids is 1. The number of aromatic nitrogens is 2. The molecule has 128 valence electrons. The SMILES string of the molecule is Cc1ccc(-c2nc(C(=O)N(C)Cc3ccc(Cl)nc3)cs2)c(C)c1. The third kappa shape index (κ3) is 4.06. The molecule has 25 heavy (non-hydrogen) atoms. The smallest absolute Gasteiger partial charge is 0.273 e. The van der Waals surface area contributed by atoms with Crippen molar-refractivity contribution in [3.8, 4) is 10.6 Å². The van der Waals surface area contributed by atoms with E-state index >= 15 is 0 Å². The normalized spacial score (nSPS) is 10.7. The van der Waals surface area contributed by atoms with E-state index in [1.54, 1.807) is 24.2 Å². The van der Waals surface area contributed by atoms with Gasteiger partial charge in [0.2, 0.25) is 0 Å². The quantitative estimate of drug-likeness (QED) is 0.622. The average Bonchev–Trinajstić information content (AvgIpc) is 3.06. The van der Waals surface area contributed by atoms with Crippen molar-refractivity contribution in [3.05, 3.63) is 69.4 Å². The summed E-state index contributed by atoms with van der Waals surface area (Å²) in [5.41, 5.74) is 4.83. The summed E-state index contributed by atoms with van der Waals surface area (Å²) in [6.07, 6.45) is 1.67. The summed E-state index contributed by atoms with van der Waals surface area (Å²) in [4.78, 5) is 22.8. The number of halogens is 1. The van der Waals surface area contributed by atoms with Crippen molar-refractivity contribution in [1.82, 2.24) is 14.9 Å². The van der Waals surface area contributed by atoms with Crippen LogP contribution in [0.5, 0.6) is 0 Å². The third-order valence-electron chi connectivity index (χ3n) is 3.89. The molecule has 0 unspecified atom stereocenters. The van der Waals surface area contributed by atoms with E-state index in [1.165, 1.54) is 16.9 Å². The van der Waals surface area contributed by atoms with Crippen LogP contribution in [0.2, 0.25) is 5.15 Å². The lowest BCUT2D eigenvalue weighted by atomic mass is 10.1. The molecular weight excluding hydrogens is 354 g/mol. The van der Waals surface area contributed by atoms with Gasteiger partial charge in [-0.05, 0) is 31.0 Å². The number of benzene rings is 1. The molecule has 0 atom stereocenters. The van der Waals surface area contributed by atoms with Crippen LogP contribution < -0.4 is 0 Å². The van der Waals surface area contributed by atoms with Gasteiger partial charge in [0.25, 0.3) is 5.91 Å². The summed E-state index contributed by atoms with van der Waals surface area (Å²) in [6, 6.07) is 9.82. The lowest BCUT2D eigenvalue weighted by Gasteiger charge is -2.15. The fourth-order valence-electron chi connectivity index (χ4n) is 2.59. The molecule has 0 aliphatic heterocycles. The van der Waals surface area contributed by atoms with Crippen LogP contribution in [0.3, 0.4) is 0 Å². The first-order valence-electron chi connectivity index (χ1n) is 7.83. The number of hydrogen-bond donors (Lipinski definition) is 0. The lowest BCUT2D eigenvalue weighted by Crippen LogP contribution is -2.26. The molecule has 0 saturated heterocycles. The molecule has 6 heteroatoms. The number of thiazole rings is 1. The zero-order valence-electron chi connectivity index (χ0n) is 14.3. The highest BCUT2D eigenvalue weighted by molar-refractivity contribution is 7.13. The van der Waals surface area contributed by atoms with E-state index in [0.717, 1.165) is 21.7 Å². The molecule has 1 amide bonds. The van der Waals surface area contributed by atoms with E-state index in [9.17, 15) is 4.79 Å². The molecule has 0 aliphatic rings. The number of pyridine rings is 1. The highest BCUT2D eigenvalue weighted by atomic mass is 35.5. The molecule has 0 radical (unpaired) electrons. The fraction of sp³-hybridized carbons (Fsp3) is 0.211. The maximum absolute atomic E-state index is 12.6. The second-order valence-electron chi connectivity index (χ2n) is 6.01. The van der Waals surface area contributed by atoms with Crippen LogP contribution in [-0.4, -0.2) is 27.8 Å². The summed E-state index contributed by atoms with van der Waals surface area (Å²) >= 11 is 7.28. The average molecular weight is 372 g/mol. The highest BCUT2D eigenvalue weighted by Crippen LogP contribution is 2.28. The Balaban J connectivity index is 1.76. The molecule has 2 aromatic heterocycles. The minimum Gasteiger partial charge on any atom is -0.336 e. The van der Waals surface area contributed by atoms with Gasteiger partial charge in [0, 0.05) is 30.7 Å². The Morgan fingerprint density at radius 2 is 2.04 bits per heavy atom. The highest BCUT2D eigenvalue weighted by Gasteiger charge is 2.17. The van der Waals surface area contributed by atoms with Gasteiger partial charge in [0.15, 0.2) is 0 Å². The second-order valence-corrected chi connectivity index (χ2v) is 7.25. The van der Waals surface area contributed by atoms with Crippen LogP contribution in [0.25, 0.3) is 10.6 Å². The van der Waals surface area contributed by atoms with E-state index in [0.29, 0.717) is 17.4 Å². The van der Waals surface area contributed by atoms with Crippen LogP contribution in [0.15, 0.2) is 41.9 Å². The van der Waals surface area contributed by atoms with Gasteiger partial charge in [-0.3, -0.25) is 4.79 Å². The van der Waals surface area contributed by atoms with Crippen LogP contribution in [0, 0.1) is 13.8 Å². The number of aryl methyl sites for hydroxylation is 2. The van der Waals surface area contributed by atoms with E-state index in [2.05, 4.69) is 42.0 Å². The molecule has 0 saturated carbocycles. The molecule has 0 fully saturated rings. The molecule has 0 N–H and O–H groups in total. The summed E-state index contributed by atoms with van der Waals surface area (Å²) in [5.74, 6) is -0.109. The first-order chi connectivity index (χ1) is 11.9. The number of hydrogen-bond acceptors (Lipinski definition) is 4. The first kappa shape index (κ1) is 17.6. The first-order valence-corrected chi connectivity index (χ1v) is 9.09. The fourth-order valence-corrected chi connectivity index (χ4v) is 3.59. The Morgan fingerprint density at radius 3 is 2.72 bits per heavy atom. The maximum Gasteiger partial charge on any atom is 0.273 e. The minimum absolute atomic E-state index is 0.109. The Hall–Kier alpha value is -2.24. The van der Waals surface area contributed by atoms with Gasteiger partial charge in [-0.2, -0.15) is 0 Å². The topological polar surface area (TPSA) is 46.1 Å². The van der Waals surface area contributed by atoms with Gasteiger partial charge >= 0.3 is 0 Å². The molecule has 0 spiro atoms. The summed E-state index contributed by atoms with van der Waals surface area (Å²) in [5, 5.41) is 3.12. The summed E-state index contributed by atoms with van der Waals surface area (Å²) in [6.45, 7) is 4.58. The zero-order valence-corrected chi connectivity index (χ0v) is 15.9. The van der Waals surface area contributed by atoms with E-state index in [-0.39, 0.29) is 5.91 Å². The molecule has 3 rings (SSSR count). The van der Waals surface area contributed by atoms with Gasteiger partial charge in [0.05, 0.1) is 0 Å². The Kier molecular flexibility index (Phi) is 5.16. The molecule has 0 bridgehead atoms. The van der Waals surface area contributed by atoms with Crippen molar-refractivity contribution in [1.29, 1.82) is 0 Å². The Bertz CT molecular complexity index is 905. The lowest BCUT2D eigenvalue weighted by molar-refractivity contribution is 0.0780. The summed E-state index contributed by atoms with van der Waals surface area (Å²) in [7, 11) is 1.76. The number of nitrogens with zero attached hydrogens (tertiary/aromatic N) is 3. The van der Waals surface area contributed by atoms with Crippen LogP contribution in [-0.2, 0) is 6.54 Å². The predicted octanol–water partition coefficient (Wildman–Crippen LogP) is 4.75. The second kappa shape index (κ2) is 7.33. The van der Waals surface area contributed by atoms with Gasteiger partial charge in [0.1, 0.15) is 15.9 Å². The van der Waals surface area contributed by atoms with E-state index in [1.807, 2.05) is 11.4 Å². The van der Waals surface area contributed by atoms with Crippen molar-refractivity contribution in [2.45, 2.75) is 20.4 Å². The standard InChI is InChI=1S/C19H18ClN3OS/c1-12-4-6-15(13(2)8-12)18-22-16(11-25-18)19(24)23(3)10-14-5-7-17(20)21-9-14/h4-9,11H,10H2,1-3H3. The van der Waals surface area contributed by atoms with Crippen LogP contribution >= 0.6 is 22.9 Å². The van der Waals surface area contributed by atoms with Crippen LogP contribution in [0.1, 0.15) is 27.2 Å². The van der Waals surface area contributed by atoms with Crippen molar-refractivity contribution in [2.24, 2.45) is 0 Å². The number of carbonyl (C=O) groups is 1. The Labute approximate surface area is 156 Å². The zero-order chi connectivity index (χ0) is 18.0. The molecule has 3 aromatic rings. The van der Waals surface area contributed by atoms with Crippen LogP contribution in [0.4, 0.5) is 0 Å². The maximum atomic E-state index is 12.6. The van der Waals surface area contributed by atoms with E-state index in [4.69, 9.17) is 11.6 Å². The minimum atomic E-state index is -0.109. The van der Waals surface area contributed by atoms with E-state index < -0.39 is 0 Å². The van der Waals surface area contributed by atoms with Gasteiger partial charge < -0.3 is 4.90 Å². The third-order valence-corrected chi connectivity index (χ3v) is 4.99. The molecule has 0 aliphatic carbocycles. The molecule has 1 aromatic carbocycles.